The number of aromatic nitrogens is 1. The fourth-order valence-electron chi connectivity index (χ4n) is 6.05. The Balaban J connectivity index is 1.82. The molecule has 2 aliphatic rings. The van der Waals surface area contributed by atoms with Crippen molar-refractivity contribution in [1.82, 2.24) is 9.47 Å². The first-order valence-corrected chi connectivity index (χ1v) is 10.8. The molecule has 2 fully saturated rings. The maximum atomic E-state index is 12.5. The van der Waals surface area contributed by atoms with Crippen LogP contribution in [0.1, 0.15) is 51.6 Å². The van der Waals surface area contributed by atoms with Crippen LogP contribution in [0, 0.1) is 10.8 Å². The lowest BCUT2D eigenvalue weighted by atomic mass is 9.65. The van der Waals surface area contributed by atoms with E-state index in [2.05, 4.69) is 41.6 Å². The first-order valence-electron chi connectivity index (χ1n) is 9.97. The second-order valence-corrected chi connectivity index (χ2v) is 10.8. The van der Waals surface area contributed by atoms with E-state index in [0.29, 0.717) is 5.56 Å². The lowest BCUT2D eigenvalue weighted by Gasteiger charge is -2.40. The van der Waals surface area contributed by atoms with Gasteiger partial charge in [0.1, 0.15) is 12.6 Å². The van der Waals surface area contributed by atoms with Gasteiger partial charge < -0.3 is 14.8 Å². The zero-order chi connectivity index (χ0) is 21.1. The number of likely N-dealkylation sites (tertiary alicyclic amines) is 1. The molecule has 1 aromatic heterocycles. The van der Waals surface area contributed by atoms with Gasteiger partial charge in [0.25, 0.3) is 0 Å². The molecular weight excluding hydrogens is 436 g/mol. The number of benzene rings is 1. The summed E-state index contributed by atoms with van der Waals surface area (Å²) in [5.41, 5.74) is 1.71. The molecule has 3 atom stereocenters. The quantitative estimate of drug-likeness (QED) is 0.682. The molecule has 2 N–H and O–H groups in total. The van der Waals surface area contributed by atoms with Gasteiger partial charge in [-0.1, -0.05) is 42.8 Å². The first-order chi connectivity index (χ1) is 13.5. The van der Waals surface area contributed by atoms with Gasteiger partial charge in [-0.2, -0.15) is 0 Å². The Hall–Kier alpha value is -1.86. The standard InChI is InChI=1S/C22H27BrN2O4/c1-21(2)7-14-8-22(3,11-21)12-25(14)19(20(28)29)16-9-24(10-18(26)27)17-6-13(23)4-5-15(16)17/h4-6,9,14,19H,7-8,10-12H2,1-3H3,(H,26,27)(H,28,29)/t14-,19+,22-/m0/s1. The molecule has 1 aliphatic heterocycles. The van der Waals surface area contributed by atoms with Crippen molar-refractivity contribution in [3.05, 3.63) is 34.4 Å². The van der Waals surface area contributed by atoms with E-state index in [9.17, 15) is 19.8 Å². The molecule has 1 aliphatic carbocycles. The second-order valence-electron chi connectivity index (χ2n) is 9.89. The molecule has 2 bridgehead atoms. The summed E-state index contributed by atoms with van der Waals surface area (Å²) in [4.78, 5) is 26.0. The van der Waals surface area contributed by atoms with Gasteiger partial charge in [0.05, 0.1) is 5.52 Å². The maximum Gasteiger partial charge on any atom is 0.325 e. The fourth-order valence-corrected chi connectivity index (χ4v) is 6.40. The van der Waals surface area contributed by atoms with Crippen LogP contribution < -0.4 is 0 Å². The summed E-state index contributed by atoms with van der Waals surface area (Å²) in [6, 6.07) is 5.06. The molecular formula is C22H27BrN2O4. The van der Waals surface area contributed by atoms with Crippen LogP contribution in [0.3, 0.4) is 0 Å². The van der Waals surface area contributed by atoms with Crippen LogP contribution in [0.5, 0.6) is 0 Å². The van der Waals surface area contributed by atoms with E-state index in [-0.39, 0.29) is 23.4 Å². The van der Waals surface area contributed by atoms with E-state index >= 15 is 0 Å². The van der Waals surface area contributed by atoms with E-state index in [1.165, 1.54) is 0 Å². The number of fused-ring (bicyclic) bond motifs is 3. The molecule has 0 spiro atoms. The highest BCUT2D eigenvalue weighted by molar-refractivity contribution is 9.10. The van der Waals surface area contributed by atoms with Gasteiger partial charge in [-0.15, -0.1) is 0 Å². The highest BCUT2D eigenvalue weighted by atomic mass is 79.9. The van der Waals surface area contributed by atoms with Crippen LogP contribution in [0.2, 0.25) is 0 Å². The summed E-state index contributed by atoms with van der Waals surface area (Å²) in [5.74, 6) is -1.83. The average Bonchev–Trinajstić information content (AvgIpc) is 3.01. The van der Waals surface area contributed by atoms with E-state index < -0.39 is 18.0 Å². The summed E-state index contributed by atoms with van der Waals surface area (Å²) in [6.07, 6.45) is 4.80. The second kappa shape index (κ2) is 6.84. The molecule has 156 valence electrons. The number of halogens is 1. The van der Waals surface area contributed by atoms with Crippen molar-refractivity contribution in [2.24, 2.45) is 10.8 Å². The summed E-state index contributed by atoms with van der Waals surface area (Å²) in [7, 11) is 0. The Kier molecular flexibility index (Phi) is 4.82. The molecule has 6 nitrogen and oxygen atoms in total. The molecule has 0 radical (unpaired) electrons. The normalized spacial score (nSPS) is 27.2. The Bertz CT molecular complexity index is 998. The minimum absolute atomic E-state index is 0.114. The van der Waals surface area contributed by atoms with Gasteiger partial charge in [-0.25, -0.2) is 0 Å². The first kappa shape index (κ1) is 20.4. The fraction of sp³-hybridized carbons (Fsp3) is 0.545. The van der Waals surface area contributed by atoms with Crippen molar-refractivity contribution in [1.29, 1.82) is 0 Å². The van der Waals surface area contributed by atoms with Gasteiger partial charge in [-0.05, 0) is 42.2 Å². The largest absolute Gasteiger partial charge is 0.480 e. The van der Waals surface area contributed by atoms with E-state index in [1.807, 2.05) is 18.2 Å². The third-order valence-electron chi connectivity index (χ3n) is 6.50. The van der Waals surface area contributed by atoms with Gasteiger partial charge in [0, 0.05) is 34.2 Å². The molecule has 4 rings (SSSR count). The molecule has 0 unspecified atom stereocenters. The van der Waals surface area contributed by atoms with Gasteiger partial charge in [0.15, 0.2) is 0 Å². The lowest BCUT2D eigenvalue weighted by molar-refractivity contribution is -0.144. The summed E-state index contributed by atoms with van der Waals surface area (Å²) in [6.45, 7) is 7.36. The van der Waals surface area contributed by atoms with Crippen LogP contribution in [-0.2, 0) is 16.1 Å². The van der Waals surface area contributed by atoms with E-state index in [0.717, 1.165) is 41.2 Å². The number of hydrogen-bond acceptors (Lipinski definition) is 3. The zero-order valence-electron chi connectivity index (χ0n) is 17.0. The highest BCUT2D eigenvalue weighted by Crippen LogP contribution is 2.54. The van der Waals surface area contributed by atoms with Gasteiger partial charge >= 0.3 is 11.9 Å². The Morgan fingerprint density at radius 1 is 1.24 bits per heavy atom. The number of carboxylic acid groups (broad SMARTS) is 2. The predicted octanol–water partition coefficient (Wildman–Crippen LogP) is 4.51. The Labute approximate surface area is 178 Å². The van der Waals surface area contributed by atoms with Crippen molar-refractivity contribution in [2.45, 2.75) is 58.7 Å². The topological polar surface area (TPSA) is 82.8 Å². The molecule has 29 heavy (non-hydrogen) atoms. The number of aliphatic carboxylic acids is 2. The van der Waals surface area contributed by atoms with E-state index in [1.54, 1.807) is 10.8 Å². The van der Waals surface area contributed by atoms with Crippen LogP contribution in [0.25, 0.3) is 10.9 Å². The van der Waals surface area contributed by atoms with Crippen molar-refractivity contribution in [2.75, 3.05) is 6.54 Å². The van der Waals surface area contributed by atoms with Crippen LogP contribution in [0.4, 0.5) is 0 Å². The van der Waals surface area contributed by atoms with E-state index in [4.69, 9.17) is 0 Å². The molecule has 1 saturated carbocycles. The van der Waals surface area contributed by atoms with Crippen molar-refractivity contribution in [3.63, 3.8) is 0 Å². The number of carboxylic acids is 2. The lowest BCUT2D eigenvalue weighted by Crippen LogP contribution is -2.39. The number of nitrogens with zero attached hydrogens (tertiary/aromatic N) is 2. The zero-order valence-corrected chi connectivity index (χ0v) is 18.6. The van der Waals surface area contributed by atoms with Crippen molar-refractivity contribution in [3.8, 4) is 0 Å². The van der Waals surface area contributed by atoms with Crippen LogP contribution in [0.15, 0.2) is 28.9 Å². The summed E-state index contributed by atoms with van der Waals surface area (Å²) < 4.78 is 2.47. The smallest absolute Gasteiger partial charge is 0.325 e. The Morgan fingerprint density at radius 2 is 1.97 bits per heavy atom. The minimum Gasteiger partial charge on any atom is -0.480 e. The molecule has 0 amide bonds. The van der Waals surface area contributed by atoms with Crippen molar-refractivity contribution < 1.29 is 19.8 Å². The molecule has 7 heteroatoms. The maximum absolute atomic E-state index is 12.5. The average molecular weight is 463 g/mol. The third-order valence-corrected chi connectivity index (χ3v) is 6.99. The summed E-state index contributed by atoms with van der Waals surface area (Å²) in [5, 5.41) is 20.4. The number of carbonyl (C=O) groups is 2. The minimum atomic E-state index is -0.952. The summed E-state index contributed by atoms with van der Waals surface area (Å²) >= 11 is 3.44. The van der Waals surface area contributed by atoms with Crippen LogP contribution in [-0.4, -0.2) is 44.2 Å². The van der Waals surface area contributed by atoms with Gasteiger partial charge in [-0.3, -0.25) is 14.5 Å². The third kappa shape index (κ3) is 3.70. The van der Waals surface area contributed by atoms with Gasteiger partial charge in [0.2, 0.25) is 0 Å². The molecule has 2 heterocycles. The van der Waals surface area contributed by atoms with Crippen LogP contribution >= 0.6 is 15.9 Å². The monoisotopic (exact) mass is 462 g/mol. The highest BCUT2D eigenvalue weighted by Gasteiger charge is 2.52. The van der Waals surface area contributed by atoms with Crippen molar-refractivity contribution >= 4 is 38.8 Å². The Morgan fingerprint density at radius 3 is 2.62 bits per heavy atom. The number of hydrogen-bond donors (Lipinski definition) is 2. The predicted molar refractivity (Wildman–Crippen MR) is 114 cm³/mol. The molecule has 2 aromatic rings. The number of rotatable bonds is 5. The molecule has 1 aromatic carbocycles. The molecule has 1 saturated heterocycles. The SMILES string of the molecule is CC1(C)C[C@H]2C[C@](C)(CN2[C@@H](C(=O)O)c2cn(CC(=O)O)c3cc(Br)ccc23)C1.